The number of nitro groups is 1. The smallest absolute Gasteiger partial charge is 0.292 e. The lowest BCUT2D eigenvalue weighted by molar-refractivity contribution is -0.384. The van der Waals surface area contributed by atoms with Crippen molar-refractivity contribution in [3.8, 4) is 0 Å². The van der Waals surface area contributed by atoms with E-state index in [1.54, 1.807) is 6.07 Å². The highest BCUT2D eigenvalue weighted by Gasteiger charge is 2.23. The molecule has 2 rings (SSSR count). The fraction of sp³-hybridized carbons (Fsp3) is 0.600. The van der Waals surface area contributed by atoms with Gasteiger partial charge in [-0.25, -0.2) is 0 Å². The number of hydrogen-bond acceptors (Lipinski definition) is 4. The molecule has 1 fully saturated rings. The van der Waals surface area contributed by atoms with Crippen molar-refractivity contribution in [2.24, 2.45) is 5.92 Å². The number of nitrogens with one attached hydrogen (secondary N) is 1. The minimum Gasteiger partial charge on any atom is -0.380 e. The molecule has 1 aliphatic rings. The van der Waals surface area contributed by atoms with Gasteiger partial charge in [-0.3, -0.25) is 10.1 Å². The standard InChI is InChI=1S/C15H23N3O2/c1-3-8-16-14-7-6-13(9-15(14)18(19)20)11-17(2)10-12-4-5-12/h6-7,9,12,16H,3-5,8,10-11H2,1-2H3. The van der Waals surface area contributed by atoms with E-state index in [9.17, 15) is 10.1 Å². The van der Waals surface area contributed by atoms with E-state index in [4.69, 9.17) is 0 Å². The molecule has 1 saturated carbocycles. The van der Waals surface area contributed by atoms with Gasteiger partial charge in [0, 0.05) is 25.7 Å². The maximum absolute atomic E-state index is 11.2. The van der Waals surface area contributed by atoms with Crippen molar-refractivity contribution in [3.05, 3.63) is 33.9 Å². The van der Waals surface area contributed by atoms with Crippen molar-refractivity contribution in [2.75, 3.05) is 25.5 Å². The first-order valence-electron chi connectivity index (χ1n) is 7.30. The monoisotopic (exact) mass is 277 g/mol. The number of nitro benzene ring substituents is 1. The molecule has 0 bridgehead atoms. The van der Waals surface area contributed by atoms with Gasteiger partial charge in [-0.05, 0) is 43.9 Å². The second-order valence-electron chi connectivity index (χ2n) is 5.68. The Balaban J connectivity index is 2.05. The van der Waals surface area contributed by atoms with Gasteiger partial charge in [-0.2, -0.15) is 0 Å². The Morgan fingerprint density at radius 1 is 1.45 bits per heavy atom. The summed E-state index contributed by atoms with van der Waals surface area (Å²) in [6, 6.07) is 5.50. The Hall–Kier alpha value is -1.62. The molecule has 1 aromatic rings. The molecular formula is C15H23N3O2. The fourth-order valence-corrected chi connectivity index (χ4v) is 2.35. The third-order valence-electron chi connectivity index (χ3n) is 3.54. The predicted octanol–water partition coefficient (Wildman–Crippen LogP) is 3.26. The predicted molar refractivity (Wildman–Crippen MR) is 80.9 cm³/mol. The Labute approximate surface area is 120 Å². The van der Waals surface area contributed by atoms with Crippen LogP contribution in [-0.2, 0) is 6.54 Å². The normalized spacial score (nSPS) is 14.6. The van der Waals surface area contributed by atoms with Gasteiger partial charge >= 0.3 is 0 Å². The topological polar surface area (TPSA) is 58.4 Å². The minimum absolute atomic E-state index is 0.177. The first kappa shape index (κ1) is 14.8. The largest absolute Gasteiger partial charge is 0.380 e. The first-order chi connectivity index (χ1) is 9.60. The van der Waals surface area contributed by atoms with E-state index < -0.39 is 0 Å². The third kappa shape index (κ3) is 4.20. The maximum atomic E-state index is 11.2. The van der Waals surface area contributed by atoms with Crippen LogP contribution in [-0.4, -0.2) is 30.0 Å². The van der Waals surface area contributed by atoms with Crippen LogP contribution in [0, 0.1) is 16.0 Å². The lowest BCUT2D eigenvalue weighted by Crippen LogP contribution is -2.20. The highest BCUT2D eigenvalue weighted by molar-refractivity contribution is 5.62. The van der Waals surface area contributed by atoms with Crippen LogP contribution in [0.25, 0.3) is 0 Å². The summed E-state index contributed by atoms with van der Waals surface area (Å²) in [5.74, 6) is 0.834. The molecule has 0 aliphatic heterocycles. The van der Waals surface area contributed by atoms with Gasteiger partial charge < -0.3 is 10.2 Å². The van der Waals surface area contributed by atoms with Gasteiger partial charge in [0.15, 0.2) is 0 Å². The fourth-order valence-electron chi connectivity index (χ4n) is 2.35. The van der Waals surface area contributed by atoms with E-state index in [-0.39, 0.29) is 10.6 Å². The molecule has 1 N–H and O–H groups in total. The van der Waals surface area contributed by atoms with E-state index >= 15 is 0 Å². The summed E-state index contributed by atoms with van der Waals surface area (Å²) in [5, 5.41) is 14.3. The molecule has 0 spiro atoms. The van der Waals surface area contributed by atoms with Gasteiger partial charge in [-0.15, -0.1) is 0 Å². The average molecular weight is 277 g/mol. The average Bonchev–Trinajstić information content (AvgIpc) is 3.20. The van der Waals surface area contributed by atoms with Gasteiger partial charge in [0.2, 0.25) is 0 Å². The number of benzene rings is 1. The molecule has 0 atom stereocenters. The highest BCUT2D eigenvalue weighted by Crippen LogP contribution is 2.30. The second-order valence-corrected chi connectivity index (χ2v) is 5.68. The summed E-state index contributed by atoms with van der Waals surface area (Å²) in [6.07, 6.45) is 3.59. The zero-order valence-corrected chi connectivity index (χ0v) is 12.3. The summed E-state index contributed by atoms with van der Waals surface area (Å²) in [6.45, 7) is 4.65. The van der Waals surface area contributed by atoms with Crippen LogP contribution in [0.3, 0.4) is 0 Å². The van der Waals surface area contributed by atoms with Crippen LogP contribution in [0.4, 0.5) is 11.4 Å². The van der Waals surface area contributed by atoms with Crippen LogP contribution in [0.1, 0.15) is 31.7 Å². The van der Waals surface area contributed by atoms with Crippen LogP contribution >= 0.6 is 0 Å². The molecule has 0 amide bonds. The Kier molecular flexibility index (Phi) is 4.95. The Bertz CT molecular complexity index is 472. The lowest BCUT2D eigenvalue weighted by Gasteiger charge is -2.16. The summed E-state index contributed by atoms with van der Waals surface area (Å²) >= 11 is 0. The summed E-state index contributed by atoms with van der Waals surface area (Å²) in [4.78, 5) is 13.1. The number of rotatable bonds is 8. The molecule has 0 radical (unpaired) electrons. The van der Waals surface area contributed by atoms with Gasteiger partial charge in [0.05, 0.1) is 4.92 Å². The Morgan fingerprint density at radius 2 is 2.20 bits per heavy atom. The van der Waals surface area contributed by atoms with E-state index in [1.165, 1.54) is 12.8 Å². The van der Waals surface area contributed by atoms with Crippen molar-refractivity contribution in [2.45, 2.75) is 32.7 Å². The van der Waals surface area contributed by atoms with Crippen LogP contribution in [0.2, 0.25) is 0 Å². The highest BCUT2D eigenvalue weighted by atomic mass is 16.6. The third-order valence-corrected chi connectivity index (χ3v) is 3.54. The zero-order valence-electron chi connectivity index (χ0n) is 12.3. The summed E-state index contributed by atoms with van der Waals surface area (Å²) < 4.78 is 0. The molecule has 0 aromatic heterocycles. The molecule has 5 heteroatoms. The van der Waals surface area contributed by atoms with Gasteiger partial charge in [0.1, 0.15) is 5.69 Å². The molecule has 1 aliphatic carbocycles. The molecule has 0 unspecified atom stereocenters. The molecule has 20 heavy (non-hydrogen) atoms. The van der Waals surface area contributed by atoms with Crippen LogP contribution < -0.4 is 5.32 Å². The van der Waals surface area contributed by atoms with Gasteiger partial charge in [-0.1, -0.05) is 13.0 Å². The summed E-state index contributed by atoms with van der Waals surface area (Å²) in [5.41, 5.74) is 1.79. The quantitative estimate of drug-likeness (QED) is 0.585. The molecule has 0 heterocycles. The molecule has 110 valence electrons. The van der Waals surface area contributed by atoms with Gasteiger partial charge in [0.25, 0.3) is 5.69 Å². The van der Waals surface area contributed by atoms with Crippen molar-refractivity contribution in [3.63, 3.8) is 0 Å². The minimum atomic E-state index is -0.303. The van der Waals surface area contributed by atoms with Crippen LogP contribution in [0.5, 0.6) is 0 Å². The van der Waals surface area contributed by atoms with Crippen molar-refractivity contribution in [1.29, 1.82) is 0 Å². The van der Waals surface area contributed by atoms with Crippen molar-refractivity contribution < 1.29 is 4.92 Å². The van der Waals surface area contributed by atoms with E-state index in [0.29, 0.717) is 5.69 Å². The van der Waals surface area contributed by atoms with Crippen molar-refractivity contribution >= 4 is 11.4 Å². The van der Waals surface area contributed by atoms with E-state index in [2.05, 4.69) is 17.3 Å². The number of hydrogen-bond donors (Lipinski definition) is 1. The SMILES string of the molecule is CCCNc1ccc(CN(C)CC2CC2)cc1[N+](=O)[O-]. The van der Waals surface area contributed by atoms with E-state index in [1.807, 2.05) is 19.1 Å². The van der Waals surface area contributed by atoms with E-state index in [0.717, 1.165) is 37.5 Å². The second kappa shape index (κ2) is 6.70. The maximum Gasteiger partial charge on any atom is 0.292 e. The summed E-state index contributed by atoms with van der Waals surface area (Å²) in [7, 11) is 2.08. The molecule has 5 nitrogen and oxygen atoms in total. The number of anilines is 1. The molecule has 0 saturated heterocycles. The van der Waals surface area contributed by atoms with Crippen molar-refractivity contribution in [1.82, 2.24) is 4.90 Å². The Morgan fingerprint density at radius 3 is 2.80 bits per heavy atom. The molecule has 1 aromatic carbocycles. The number of nitrogens with zero attached hydrogens (tertiary/aromatic N) is 2. The van der Waals surface area contributed by atoms with Crippen LogP contribution in [0.15, 0.2) is 18.2 Å². The lowest BCUT2D eigenvalue weighted by atomic mass is 10.1. The molecular weight excluding hydrogens is 254 g/mol. The zero-order chi connectivity index (χ0) is 14.5. The first-order valence-corrected chi connectivity index (χ1v) is 7.30.